The molecule has 17 heavy (non-hydrogen) atoms. The monoisotopic (exact) mass is 234 g/mol. The van der Waals surface area contributed by atoms with Crippen LogP contribution in [0.5, 0.6) is 5.75 Å². The van der Waals surface area contributed by atoms with Crippen LogP contribution < -0.4 is 15.4 Å². The second-order valence-corrected chi connectivity index (χ2v) is 4.11. The van der Waals surface area contributed by atoms with Crippen molar-refractivity contribution in [1.82, 2.24) is 5.32 Å². The molecule has 0 bridgehead atoms. The quantitative estimate of drug-likeness (QED) is 0.816. The second-order valence-electron chi connectivity index (χ2n) is 4.11. The second kappa shape index (κ2) is 5.57. The van der Waals surface area contributed by atoms with E-state index in [2.05, 4.69) is 10.6 Å². The van der Waals surface area contributed by atoms with Crippen LogP contribution in [0, 0.1) is 0 Å². The summed E-state index contributed by atoms with van der Waals surface area (Å²) < 4.78 is 5.52. The SMILES string of the molecule is CCOc1ccccc1NCC1CCC(=O)N1. The van der Waals surface area contributed by atoms with Gasteiger partial charge in [-0.15, -0.1) is 0 Å². The lowest BCUT2D eigenvalue weighted by molar-refractivity contribution is -0.119. The van der Waals surface area contributed by atoms with Crippen LogP contribution in [-0.4, -0.2) is 25.1 Å². The molecule has 1 amide bonds. The third-order valence-corrected chi connectivity index (χ3v) is 2.81. The van der Waals surface area contributed by atoms with Crippen molar-refractivity contribution in [3.63, 3.8) is 0 Å². The van der Waals surface area contributed by atoms with Crippen molar-refractivity contribution in [3.05, 3.63) is 24.3 Å². The van der Waals surface area contributed by atoms with Crippen molar-refractivity contribution >= 4 is 11.6 Å². The van der Waals surface area contributed by atoms with Gasteiger partial charge in [0.25, 0.3) is 0 Å². The first-order valence-electron chi connectivity index (χ1n) is 6.04. The van der Waals surface area contributed by atoms with E-state index in [1.54, 1.807) is 0 Å². The maximum atomic E-state index is 11.1. The molecule has 0 saturated carbocycles. The molecule has 1 fully saturated rings. The topological polar surface area (TPSA) is 50.4 Å². The van der Waals surface area contributed by atoms with E-state index in [1.807, 2.05) is 31.2 Å². The highest BCUT2D eigenvalue weighted by Crippen LogP contribution is 2.23. The number of amides is 1. The Hall–Kier alpha value is -1.71. The molecule has 1 atom stereocenters. The summed E-state index contributed by atoms with van der Waals surface area (Å²) in [6.07, 6.45) is 1.54. The summed E-state index contributed by atoms with van der Waals surface area (Å²) >= 11 is 0. The number of hydrogen-bond acceptors (Lipinski definition) is 3. The number of carbonyl (C=O) groups excluding carboxylic acids is 1. The smallest absolute Gasteiger partial charge is 0.220 e. The summed E-state index contributed by atoms with van der Waals surface area (Å²) in [6, 6.07) is 8.09. The van der Waals surface area contributed by atoms with Crippen molar-refractivity contribution in [1.29, 1.82) is 0 Å². The van der Waals surface area contributed by atoms with E-state index in [0.29, 0.717) is 13.0 Å². The summed E-state index contributed by atoms with van der Waals surface area (Å²) in [5.41, 5.74) is 0.982. The van der Waals surface area contributed by atoms with E-state index in [9.17, 15) is 4.79 Å². The first-order chi connectivity index (χ1) is 8.29. The van der Waals surface area contributed by atoms with E-state index >= 15 is 0 Å². The molecule has 1 aromatic rings. The average molecular weight is 234 g/mol. The molecule has 1 aliphatic rings. The Labute approximate surface area is 101 Å². The average Bonchev–Trinajstić information content (AvgIpc) is 2.74. The molecule has 0 aromatic heterocycles. The standard InChI is InChI=1S/C13H18N2O2/c1-2-17-12-6-4-3-5-11(12)14-9-10-7-8-13(16)15-10/h3-6,10,14H,2,7-9H2,1H3,(H,15,16). The first-order valence-corrected chi connectivity index (χ1v) is 6.04. The molecule has 1 aromatic carbocycles. The minimum Gasteiger partial charge on any atom is -0.492 e. The Kier molecular flexibility index (Phi) is 3.85. The van der Waals surface area contributed by atoms with Crippen LogP contribution in [0.25, 0.3) is 0 Å². The molecular formula is C13H18N2O2. The highest BCUT2D eigenvalue weighted by Gasteiger charge is 2.20. The van der Waals surface area contributed by atoms with Crippen molar-refractivity contribution in [2.24, 2.45) is 0 Å². The summed E-state index contributed by atoms with van der Waals surface area (Å²) in [5.74, 6) is 1.01. The minimum absolute atomic E-state index is 0.148. The molecular weight excluding hydrogens is 216 g/mol. The molecule has 2 N–H and O–H groups in total. The van der Waals surface area contributed by atoms with Crippen LogP contribution in [0.2, 0.25) is 0 Å². The van der Waals surface area contributed by atoms with Gasteiger partial charge in [-0.1, -0.05) is 12.1 Å². The first kappa shape index (κ1) is 11.8. The number of ether oxygens (including phenoxy) is 1. The summed E-state index contributed by atoms with van der Waals surface area (Å²) in [4.78, 5) is 11.1. The number of carbonyl (C=O) groups is 1. The predicted octanol–water partition coefficient (Wildman–Crippen LogP) is 1.78. The fourth-order valence-corrected chi connectivity index (χ4v) is 1.96. The Morgan fingerprint density at radius 1 is 1.47 bits per heavy atom. The molecule has 1 saturated heterocycles. The lowest BCUT2D eigenvalue weighted by Gasteiger charge is -2.15. The largest absolute Gasteiger partial charge is 0.492 e. The van der Waals surface area contributed by atoms with Crippen LogP contribution in [0.15, 0.2) is 24.3 Å². The summed E-state index contributed by atoms with van der Waals surface area (Å²) in [6.45, 7) is 3.36. The Morgan fingerprint density at radius 3 is 3.00 bits per heavy atom. The maximum Gasteiger partial charge on any atom is 0.220 e. The number of para-hydroxylation sites is 2. The Balaban J connectivity index is 1.91. The number of hydrogen-bond donors (Lipinski definition) is 2. The van der Waals surface area contributed by atoms with Crippen LogP contribution in [0.4, 0.5) is 5.69 Å². The molecule has 1 heterocycles. The third-order valence-electron chi connectivity index (χ3n) is 2.81. The lowest BCUT2D eigenvalue weighted by atomic mass is 10.2. The van der Waals surface area contributed by atoms with Gasteiger partial charge in [0.05, 0.1) is 12.3 Å². The molecule has 4 nitrogen and oxygen atoms in total. The fourth-order valence-electron chi connectivity index (χ4n) is 1.96. The van der Waals surface area contributed by atoms with Gasteiger partial charge in [0, 0.05) is 19.0 Å². The zero-order chi connectivity index (χ0) is 12.1. The minimum atomic E-state index is 0.148. The van der Waals surface area contributed by atoms with Crippen LogP contribution in [0.3, 0.4) is 0 Å². The van der Waals surface area contributed by atoms with E-state index in [-0.39, 0.29) is 11.9 Å². The van der Waals surface area contributed by atoms with Crippen LogP contribution in [0.1, 0.15) is 19.8 Å². The van der Waals surface area contributed by atoms with Gasteiger partial charge in [-0.2, -0.15) is 0 Å². The maximum absolute atomic E-state index is 11.1. The third kappa shape index (κ3) is 3.12. The van der Waals surface area contributed by atoms with E-state index in [1.165, 1.54) is 0 Å². The van der Waals surface area contributed by atoms with Gasteiger partial charge in [0.1, 0.15) is 5.75 Å². The van der Waals surface area contributed by atoms with Crippen LogP contribution in [-0.2, 0) is 4.79 Å². The molecule has 1 unspecified atom stereocenters. The van der Waals surface area contributed by atoms with Gasteiger partial charge in [0.2, 0.25) is 5.91 Å². The molecule has 2 rings (SSSR count). The normalized spacial score (nSPS) is 18.9. The van der Waals surface area contributed by atoms with E-state index in [0.717, 1.165) is 24.4 Å². The van der Waals surface area contributed by atoms with Crippen LogP contribution >= 0.6 is 0 Å². The van der Waals surface area contributed by atoms with Gasteiger partial charge < -0.3 is 15.4 Å². The molecule has 0 aliphatic carbocycles. The van der Waals surface area contributed by atoms with Crippen molar-refractivity contribution < 1.29 is 9.53 Å². The zero-order valence-corrected chi connectivity index (χ0v) is 10.0. The number of nitrogens with one attached hydrogen (secondary N) is 2. The van der Waals surface area contributed by atoms with Gasteiger partial charge >= 0.3 is 0 Å². The zero-order valence-electron chi connectivity index (χ0n) is 10.0. The van der Waals surface area contributed by atoms with Gasteiger partial charge in [-0.05, 0) is 25.5 Å². The van der Waals surface area contributed by atoms with Gasteiger partial charge in [-0.3, -0.25) is 4.79 Å². The fraction of sp³-hybridized carbons (Fsp3) is 0.462. The molecule has 92 valence electrons. The number of anilines is 1. The highest BCUT2D eigenvalue weighted by atomic mass is 16.5. The van der Waals surface area contributed by atoms with Gasteiger partial charge in [-0.25, -0.2) is 0 Å². The summed E-state index contributed by atoms with van der Waals surface area (Å²) in [5, 5.41) is 6.25. The lowest BCUT2D eigenvalue weighted by Crippen LogP contribution is -2.31. The Morgan fingerprint density at radius 2 is 2.29 bits per heavy atom. The highest BCUT2D eigenvalue weighted by molar-refractivity contribution is 5.78. The van der Waals surface area contributed by atoms with Crippen molar-refractivity contribution in [3.8, 4) is 5.75 Å². The summed E-state index contributed by atoms with van der Waals surface area (Å²) in [7, 11) is 0. The Bertz CT molecular complexity index is 393. The predicted molar refractivity (Wildman–Crippen MR) is 67.3 cm³/mol. The van der Waals surface area contributed by atoms with Gasteiger partial charge in [0.15, 0.2) is 0 Å². The van der Waals surface area contributed by atoms with Crippen molar-refractivity contribution in [2.75, 3.05) is 18.5 Å². The molecule has 1 aliphatic heterocycles. The number of benzene rings is 1. The van der Waals surface area contributed by atoms with E-state index in [4.69, 9.17) is 4.74 Å². The van der Waals surface area contributed by atoms with E-state index < -0.39 is 0 Å². The van der Waals surface area contributed by atoms with Crippen molar-refractivity contribution in [2.45, 2.75) is 25.8 Å². The molecule has 0 radical (unpaired) electrons. The number of rotatable bonds is 5. The molecule has 4 heteroatoms. The molecule has 0 spiro atoms.